The topological polar surface area (TPSA) is 80.5 Å². The van der Waals surface area contributed by atoms with E-state index in [2.05, 4.69) is 0 Å². The van der Waals surface area contributed by atoms with Gasteiger partial charge >= 0.3 is 0 Å². The number of hydrogen-bond donors (Lipinski definition) is 1. The van der Waals surface area contributed by atoms with Gasteiger partial charge in [0.2, 0.25) is 15.9 Å². The fourth-order valence-electron chi connectivity index (χ4n) is 2.19. The molecule has 1 aliphatic rings. The highest BCUT2D eigenvalue weighted by Gasteiger charge is 2.17. The SMILES string of the molecule is CC(=O)N1CCc2ccc(S(N)(=O)=O)cc2CC1. The molecule has 0 aromatic heterocycles. The van der Waals surface area contributed by atoms with Crippen molar-refractivity contribution in [3.8, 4) is 0 Å². The minimum absolute atomic E-state index is 0.0504. The molecule has 1 aromatic rings. The Hall–Kier alpha value is -1.40. The first-order chi connectivity index (χ1) is 8.38. The van der Waals surface area contributed by atoms with Crippen molar-refractivity contribution >= 4 is 15.9 Å². The lowest BCUT2D eigenvalue weighted by Gasteiger charge is -2.17. The average molecular weight is 268 g/mol. The molecule has 2 N–H and O–H groups in total. The third-order valence-corrected chi connectivity index (χ3v) is 4.16. The Morgan fingerprint density at radius 2 is 1.83 bits per heavy atom. The van der Waals surface area contributed by atoms with Crippen LogP contribution in [0.5, 0.6) is 0 Å². The van der Waals surface area contributed by atoms with Crippen LogP contribution >= 0.6 is 0 Å². The van der Waals surface area contributed by atoms with Crippen LogP contribution in [0.15, 0.2) is 23.1 Å². The van der Waals surface area contributed by atoms with Gasteiger partial charge in [-0.05, 0) is 36.1 Å². The van der Waals surface area contributed by atoms with E-state index >= 15 is 0 Å². The lowest BCUT2D eigenvalue weighted by Crippen LogP contribution is -2.30. The van der Waals surface area contributed by atoms with Gasteiger partial charge in [0, 0.05) is 20.0 Å². The number of rotatable bonds is 1. The summed E-state index contributed by atoms with van der Waals surface area (Å²) in [5, 5.41) is 5.11. The molecule has 18 heavy (non-hydrogen) atoms. The molecule has 1 amide bonds. The standard InChI is InChI=1S/C12H16N2O3S/c1-9(15)14-6-4-10-2-3-12(18(13,16)17)8-11(10)5-7-14/h2-3,8H,4-7H2,1H3,(H2,13,16,17). The van der Waals surface area contributed by atoms with Crippen LogP contribution in [0.4, 0.5) is 0 Å². The second-order valence-corrected chi connectivity index (χ2v) is 6.04. The van der Waals surface area contributed by atoms with Crippen LogP contribution in [0.2, 0.25) is 0 Å². The molecule has 0 radical (unpaired) electrons. The van der Waals surface area contributed by atoms with Crippen molar-refractivity contribution in [2.24, 2.45) is 5.14 Å². The van der Waals surface area contributed by atoms with Crippen molar-refractivity contribution in [3.05, 3.63) is 29.3 Å². The number of carbonyl (C=O) groups excluding carboxylic acids is 1. The number of primary sulfonamides is 1. The van der Waals surface area contributed by atoms with E-state index in [4.69, 9.17) is 5.14 Å². The van der Waals surface area contributed by atoms with Gasteiger partial charge in [0.25, 0.3) is 0 Å². The van der Waals surface area contributed by atoms with Gasteiger partial charge in [-0.15, -0.1) is 0 Å². The zero-order valence-electron chi connectivity index (χ0n) is 10.2. The molecule has 1 heterocycles. The smallest absolute Gasteiger partial charge is 0.238 e. The van der Waals surface area contributed by atoms with Gasteiger partial charge in [-0.3, -0.25) is 4.79 Å². The fraction of sp³-hybridized carbons (Fsp3) is 0.417. The number of fused-ring (bicyclic) bond motifs is 1. The molecule has 5 nitrogen and oxygen atoms in total. The van der Waals surface area contributed by atoms with Crippen molar-refractivity contribution in [3.63, 3.8) is 0 Å². The predicted molar refractivity (Wildman–Crippen MR) is 67.5 cm³/mol. The summed E-state index contributed by atoms with van der Waals surface area (Å²) in [4.78, 5) is 13.2. The number of carbonyl (C=O) groups is 1. The van der Waals surface area contributed by atoms with E-state index < -0.39 is 10.0 Å². The fourth-order valence-corrected chi connectivity index (χ4v) is 2.76. The number of benzene rings is 1. The first-order valence-corrected chi connectivity index (χ1v) is 7.32. The quantitative estimate of drug-likeness (QED) is 0.794. The molecule has 0 aliphatic carbocycles. The summed E-state index contributed by atoms with van der Waals surface area (Å²) < 4.78 is 22.6. The second-order valence-electron chi connectivity index (χ2n) is 4.48. The molecule has 0 atom stereocenters. The molecule has 1 aromatic carbocycles. The molecule has 1 aliphatic heterocycles. The molecule has 0 spiro atoms. The number of sulfonamides is 1. The molecule has 98 valence electrons. The van der Waals surface area contributed by atoms with Crippen molar-refractivity contribution in [1.82, 2.24) is 4.90 Å². The summed E-state index contributed by atoms with van der Waals surface area (Å²) in [7, 11) is -3.66. The average Bonchev–Trinajstić information content (AvgIpc) is 2.48. The van der Waals surface area contributed by atoms with Crippen LogP contribution < -0.4 is 5.14 Å². The number of nitrogens with zero attached hydrogens (tertiary/aromatic N) is 1. The van der Waals surface area contributed by atoms with Gasteiger partial charge in [0.15, 0.2) is 0 Å². The zero-order valence-corrected chi connectivity index (χ0v) is 11.0. The van der Waals surface area contributed by atoms with Gasteiger partial charge < -0.3 is 4.90 Å². The Labute approximate surface area is 107 Å². The van der Waals surface area contributed by atoms with Crippen molar-refractivity contribution in [2.75, 3.05) is 13.1 Å². The van der Waals surface area contributed by atoms with E-state index in [1.165, 1.54) is 6.07 Å². The summed E-state index contributed by atoms with van der Waals surface area (Å²) in [6.07, 6.45) is 1.41. The largest absolute Gasteiger partial charge is 0.342 e. The number of amides is 1. The molecule has 0 bridgehead atoms. The van der Waals surface area contributed by atoms with Gasteiger partial charge in [0.05, 0.1) is 4.90 Å². The van der Waals surface area contributed by atoms with Gasteiger partial charge in [-0.1, -0.05) is 6.07 Å². The van der Waals surface area contributed by atoms with Crippen molar-refractivity contribution in [1.29, 1.82) is 0 Å². The zero-order chi connectivity index (χ0) is 13.3. The van der Waals surface area contributed by atoms with Gasteiger partial charge in [-0.2, -0.15) is 0 Å². The van der Waals surface area contributed by atoms with Crippen molar-refractivity contribution < 1.29 is 13.2 Å². The Kier molecular flexibility index (Phi) is 3.41. The van der Waals surface area contributed by atoms with Crippen LogP contribution in [0.1, 0.15) is 18.1 Å². The molecule has 0 saturated heterocycles. The number of nitrogens with two attached hydrogens (primary N) is 1. The molecule has 6 heteroatoms. The Bertz CT molecular complexity index is 581. The highest BCUT2D eigenvalue weighted by atomic mass is 32.2. The van der Waals surface area contributed by atoms with Crippen LogP contribution in [-0.2, 0) is 27.7 Å². The first kappa shape index (κ1) is 13.0. The van der Waals surface area contributed by atoms with E-state index in [9.17, 15) is 13.2 Å². The lowest BCUT2D eigenvalue weighted by molar-refractivity contribution is -0.128. The van der Waals surface area contributed by atoms with E-state index in [0.717, 1.165) is 17.5 Å². The highest BCUT2D eigenvalue weighted by molar-refractivity contribution is 7.89. The van der Waals surface area contributed by atoms with Crippen molar-refractivity contribution in [2.45, 2.75) is 24.7 Å². The molecule has 0 unspecified atom stereocenters. The monoisotopic (exact) mass is 268 g/mol. The third kappa shape index (κ3) is 2.70. The maximum Gasteiger partial charge on any atom is 0.238 e. The van der Waals surface area contributed by atoms with Crippen LogP contribution in [0, 0.1) is 0 Å². The maximum atomic E-state index is 11.3. The minimum Gasteiger partial charge on any atom is -0.342 e. The molecular formula is C12H16N2O3S. The normalized spacial score (nSPS) is 16.0. The second kappa shape index (κ2) is 4.70. The van der Waals surface area contributed by atoms with E-state index in [0.29, 0.717) is 19.5 Å². The van der Waals surface area contributed by atoms with Crippen LogP contribution in [-0.4, -0.2) is 32.3 Å². The molecule has 0 saturated carbocycles. The summed E-state index contributed by atoms with van der Waals surface area (Å²) in [5.74, 6) is 0.0504. The molecule has 2 rings (SSSR count). The van der Waals surface area contributed by atoms with E-state index in [1.807, 2.05) is 0 Å². The Morgan fingerprint density at radius 1 is 1.22 bits per heavy atom. The summed E-state index contributed by atoms with van der Waals surface area (Å²) in [6, 6.07) is 4.94. The van der Waals surface area contributed by atoms with Crippen LogP contribution in [0.25, 0.3) is 0 Å². The lowest BCUT2D eigenvalue weighted by atomic mass is 10.0. The molecular weight excluding hydrogens is 252 g/mol. The summed E-state index contributed by atoms with van der Waals surface area (Å²) >= 11 is 0. The van der Waals surface area contributed by atoms with E-state index in [-0.39, 0.29) is 10.8 Å². The highest BCUT2D eigenvalue weighted by Crippen LogP contribution is 2.19. The first-order valence-electron chi connectivity index (χ1n) is 5.78. The number of hydrogen-bond acceptors (Lipinski definition) is 3. The van der Waals surface area contributed by atoms with Gasteiger partial charge in [0.1, 0.15) is 0 Å². The Balaban J connectivity index is 2.32. The van der Waals surface area contributed by atoms with E-state index in [1.54, 1.807) is 24.0 Å². The summed E-state index contributed by atoms with van der Waals surface area (Å²) in [5.41, 5.74) is 2.05. The molecule has 0 fully saturated rings. The predicted octanol–water partition coefficient (Wildman–Crippen LogP) is 0.281. The summed E-state index contributed by atoms with van der Waals surface area (Å²) in [6.45, 7) is 2.85. The maximum absolute atomic E-state index is 11.3. The van der Waals surface area contributed by atoms with Crippen LogP contribution in [0.3, 0.4) is 0 Å². The minimum atomic E-state index is -3.66. The van der Waals surface area contributed by atoms with Gasteiger partial charge in [-0.25, -0.2) is 13.6 Å². The third-order valence-electron chi connectivity index (χ3n) is 3.25. The Morgan fingerprint density at radius 3 is 2.39 bits per heavy atom.